The highest BCUT2D eigenvalue weighted by atomic mass is 19.3. The molecule has 0 atom stereocenters. The lowest BCUT2D eigenvalue weighted by atomic mass is 9.87. The number of halogens is 4. The number of anilines is 2. The Morgan fingerprint density at radius 3 is 2.63 bits per heavy atom. The van der Waals surface area contributed by atoms with Gasteiger partial charge < -0.3 is 4.90 Å². The number of rotatable bonds is 5. The Morgan fingerprint density at radius 2 is 1.89 bits per heavy atom. The molecule has 1 saturated carbocycles. The minimum atomic E-state index is -2.69. The van der Waals surface area contributed by atoms with Crippen molar-refractivity contribution in [2.24, 2.45) is 5.41 Å². The van der Waals surface area contributed by atoms with Gasteiger partial charge in [0.05, 0.1) is 10.9 Å². The summed E-state index contributed by atoms with van der Waals surface area (Å²) in [7, 11) is 0. The van der Waals surface area contributed by atoms with Gasteiger partial charge >= 0.3 is 0 Å². The Balaban J connectivity index is 1.47. The van der Waals surface area contributed by atoms with Crippen LogP contribution in [0, 0.1) is 24.0 Å². The van der Waals surface area contributed by atoms with Crippen LogP contribution in [0.5, 0.6) is 0 Å². The van der Waals surface area contributed by atoms with Crippen LogP contribution >= 0.6 is 0 Å². The Kier molecular flexibility index (Phi) is 4.85. The molecule has 0 radical (unpaired) electrons. The number of alkyl halides is 2. The van der Waals surface area contributed by atoms with E-state index in [1.54, 1.807) is 11.3 Å². The molecule has 2 aliphatic rings. The zero-order chi connectivity index (χ0) is 24.5. The van der Waals surface area contributed by atoms with Crippen LogP contribution in [0.15, 0.2) is 30.3 Å². The largest absolute Gasteiger partial charge is 0.325 e. The van der Waals surface area contributed by atoms with Crippen molar-refractivity contribution in [3.8, 4) is 0 Å². The van der Waals surface area contributed by atoms with Crippen LogP contribution in [0.1, 0.15) is 49.6 Å². The first-order valence-electron chi connectivity index (χ1n) is 12.0. The summed E-state index contributed by atoms with van der Waals surface area (Å²) in [6, 6.07) is 8.44. The van der Waals surface area contributed by atoms with Crippen LogP contribution in [-0.2, 0) is 12.8 Å². The van der Waals surface area contributed by atoms with Crippen molar-refractivity contribution < 1.29 is 17.6 Å². The molecule has 5 nitrogen and oxygen atoms in total. The average molecular weight is 484 g/mol. The van der Waals surface area contributed by atoms with E-state index in [0.717, 1.165) is 42.6 Å². The minimum Gasteiger partial charge on any atom is -0.325 e. The van der Waals surface area contributed by atoms with Crippen molar-refractivity contribution in [2.45, 2.75) is 58.3 Å². The molecule has 0 bridgehead atoms. The third kappa shape index (κ3) is 3.38. The Hall–Kier alpha value is -3.23. The molecule has 35 heavy (non-hydrogen) atoms. The van der Waals surface area contributed by atoms with Gasteiger partial charge in [-0.15, -0.1) is 10.2 Å². The predicted octanol–water partition coefficient (Wildman–Crippen LogP) is 6.32. The molecule has 1 aliphatic carbocycles. The van der Waals surface area contributed by atoms with E-state index in [1.165, 1.54) is 6.07 Å². The summed E-state index contributed by atoms with van der Waals surface area (Å²) in [6.07, 6.45) is 3.65. The van der Waals surface area contributed by atoms with Crippen LogP contribution < -0.4 is 4.90 Å². The van der Waals surface area contributed by atoms with Gasteiger partial charge in [-0.2, -0.15) is 4.98 Å². The van der Waals surface area contributed by atoms with Crippen molar-refractivity contribution in [3.63, 3.8) is 0 Å². The first-order valence-corrected chi connectivity index (χ1v) is 12.0. The van der Waals surface area contributed by atoms with Gasteiger partial charge in [0.25, 0.3) is 11.7 Å². The highest BCUT2D eigenvalue weighted by Crippen LogP contribution is 2.59. The quantitative estimate of drug-likeness (QED) is 0.312. The van der Waals surface area contributed by atoms with Crippen molar-refractivity contribution in [1.82, 2.24) is 19.6 Å². The van der Waals surface area contributed by atoms with E-state index >= 15 is 4.39 Å². The molecule has 182 valence electrons. The fourth-order valence-electron chi connectivity index (χ4n) is 5.58. The van der Waals surface area contributed by atoms with E-state index in [-0.39, 0.29) is 11.2 Å². The standard InChI is InChI=1S/C26H25F4N5/c1-15-32-33-24-31-23(21-20(35(15)24)9-8-18(27)22(21)28)34-14-4-6-17-16(5-3-7-19(17)34)10-11-26(12-13-26)25(2,29)30/h3,5,7-9H,4,6,10-14H2,1-2H3. The molecule has 9 heteroatoms. The van der Waals surface area contributed by atoms with Crippen LogP contribution in [0.2, 0.25) is 0 Å². The molecular formula is C26H25F4N5. The molecule has 0 spiro atoms. The molecule has 1 aliphatic heterocycles. The molecule has 2 aromatic heterocycles. The summed E-state index contributed by atoms with van der Waals surface area (Å²) in [5.41, 5.74) is 2.46. The van der Waals surface area contributed by atoms with Gasteiger partial charge in [0.1, 0.15) is 11.6 Å². The summed E-state index contributed by atoms with van der Waals surface area (Å²) in [4.78, 5) is 6.52. The maximum Gasteiger partial charge on any atom is 0.257 e. The van der Waals surface area contributed by atoms with Gasteiger partial charge in [-0.25, -0.2) is 17.6 Å². The molecule has 0 N–H and O–H groups in total. The third-order valence-corrected chi connectivity index (χ3v) is 7.81. The molecule has 0 saturated heterocycles. The number of aromatic nitrogens is 4. The first-order chi connectivity index (χ1) is 16.7. The Bertz CT molecular complexity index is 1470. The molecule has 1 fully saturated rings. The highest BCUT2D eigenvalue weighted by molar-refractivity contribution is 5.94. The molecule has 0 amide bonds. The maximum absolute atomic E-state index is 15.2. The van der Waals surface area contributed by atoms with E-state index in [9.17, 15) is 13.2 Å². The molecular weight excluding hydrogens is 458 g/mol. The summed E-state index contributed by atoms with van der Waals surface area (Å²) in [5.74, 6) is -3.49. The van der Waals surface area contributed by atoms with Crippen LogP contribution in [0.25, 0.3) is 16.7 Å². The van der Waals surface area contributed by atoms with Crippen LogP contribution in [0.4, 0.5) is 29.1 Å². The summed E-state index contributed by atoms with van der Waals surface area (Å²) in [5, 5.41) is 8.26. The van der Waals surface area contributed by atoms with E-state index in [1.807, 2.05) is 23.1 Å². The molecule has 2 aromatic carbocycles. The minimum absolute atomic E-state index is 0.0706. The molecule has 4 aromatic rings. The molecule has 0 unspecified atom stereocenters. The maximum atomic E-state index is 15.2. The smallest absolute Gasteiger partial charge is 0.257 e. The van der Waals surface area contributed by atoms with Gasteiger partial charge in [-0.3, -0.25) is 4.40 Å². The summed E-state index contributed by atoms with van der Waals surface area (Å²) >= 11 is 0. The zero-order valence-corrected chi connectivity index (χ0v) is 19.6. The number of nitrogens with zero attached hydrogens (tertiary/aromatic N) is 5. The fraction of sp³-hybridized carbons (Fsp3) is 0.423. The van der Waals surface area contributed by atoms with E-state index in [0.29, 0.717) is 49.3 Å². The van der Waals surface area contributed by atoms with Gasteiger partial charge in [0.2, 0.25) is 0 Å². The fourth-order valence-corrected chi connectivity index (χ4v) is 5.58. The van der Waals surface area contributed by atoms with Crippen LogP contribution in [-0.4, -0.2) is 32.0 Å². The monoisotopic (exact) mass is 483 g/mol. The van der Waals surface area contributed by atoms with Crippen LogP contribution in [0.3, 0.4) is 0 Å². The van der Waals surface area contributed by atoms with E-state index in [2.05, 4.69) is 15.2 Å². The van der Waals surface area contributed by atoms with Gasteiger partial charge in [-0.1, -0.05) is 12.1 Å². The van der Waals surface area contributed by atoms with Gasteiger partial charge in [0, 0.05) is 17.6 Å². The second-order valence-electron chi connectivity index (χ2n) is 9.91. The van der Waals surface area contributed by atoms with Crippen molar-refractivity contribution in [3.05, 3.63) is 58.9 Å². The lowest BCUT2D eigenvalue weighted by molar-refractivity contribution is -0.0577. The Morgan fingerprint density at radius 1 is 1.09 bits per heavy atom. The van der Waals surface area contributed by atoms with Gasteiger partial charge in [-0.05, 0) is 81.7 Å². The number of hydrogen-bond acceptors (Lipinski definition) is 4. The lowest BCUT2D eigenvalue weighted by Crippen LogP contribution is -2.28. The SMILES string of the molecule is Cc1nnc2nc(N3CCCc4c(CCC5(C(C)(F)F)CC5)cccc43)c3c(F)c(F)ccc3n12. The lowest BCUT2D eigenvalue weighted by Gasteiger charge is -2.33. The number of aryl methyl sites for hydroxylation is 2. The first kappa shape index (κ1) is 22.2. The Labute approximate surface area is 199 Å². The summed E-state index contributed by atoms with van der Waals surface area (Å²) < 4.78 is 59.5. The van der Waals surface area contributed by atoms with Crippen molar-refractivity contribution >= 4 is 28.2 Å². The second kappa shape index (κ2) is 7.63. The van der Waals surface area contributed by atoms with E-state index in [4.69, 9.17) is 0 Å². The second-order valence-corrected chi connectivity index (χ2v) is 9.91. The normalized spacial score (nSPS) is 17.3. The number of benzene rings is 2. The zero-order valence-electron chi connectivity index (χ0n) is 19.6. The van der Waals surface area contributed by atoms with E-state index < -0.39 is 23.0 Å². The van der Waals surface area contributed by atoms with Crippen molar-refractivity contribution in [1.29, 1.82) is 0 Å². The number of fused-ring (bicyclic) bond motifs is 4. The topological polar surface area (TPSA) is 46.3 Å². The number of hydrogen-bond donors (Lipinski definition) is 0. The van der Waals surface area contributed by atoms with Gasteiger partial charge in [0.15, 0.2) is 11.6 Å². The average Bonchev–Trinajstić information content (AvgIpc) is 3.56. The predicted molar refractivity (Wildman–Crippen MR) is 125 cm³/mol. The highest BCUT2D eigenvalue weighted by Gasteiger charge is 2.58. The van der Waals surface area contributed by atoms with Crippen molar-refractivity contribution in [2.75, 3.05) is 11.4 Å². The third-order valence-electron chi connectivity index (χ3n) is 7.81. The molecule has 3 heterocycles. The molecule has 6 rings (SSSR count). The summed E-state index contributed by atoms with van der Waals surface area (Å²) in [6.45, 7) is 3.32.